The van der Waals surface area contributed by atoms with Crippen molar-refractivity contribution in [3.05, 3.63) is 66.0 Å². The van der Waals surface area contributed by atoms with Crippen LogP contribution in [0, 0.1) is 11.8 Å². The van der Waals surface area contributed by atoms with Gasteiger partial charge in [-0.25, -0.2) is 4.98 Å². The van der Waals surface area contributed by atoms with Crippen molar-refractivity contribution in [2.45, 2.75) is 6.18 Å². The highest BCUT2D eigenvalue weighted by atomic mass is 19.4. The minimum absolute atomic E-state index is 0.00204. The lowest BCUT2D eigenvalue weighted by Crippen LogP contribution is -2.46. The SMILES string of the molecule is O=CN1CCN(CCOc2ccc(-c3ncc(C(F)(F)F)[nH]3)cc2NC(=O)C#Cc2ccccc2)CC1. The van der Waals surface area contributed by atoms with Gasteiger partial charge in [-0.15, -0.1) is 0 Å². The van der Waals surface area contributed by atoms with E-state index in [-0.39, 0.29) is 11.5 Å². The first kappa shape index (κ1) is 25.8. The van der Waals surface area contributed by atoms with E-state index in [0.717, 1.165) is 19.5 Å². The molecule has 1 aliphatic rings. The van der Waals surface area contributed by atoms with E-state index in [0.29, 0.717) is 49.3 Å². The maximum Gasteiger partial charge on any atom is 0.432 e. The number of nitrogens with zero attached hydrogens (tertiary/aromatic N) is 3. The Hall–Kier alpha value is -4.30. The lowest BCUT2D eigenvalue weighted by molar-refractivity contribution is -0.140. The van der Waals surface area contributed by atoms with Crippen molar-refractivity contribution in [2.75, 3.05) is 44.6 Å². The Kier molecular flexibility index (Phi) is 8.10. The zero-order valence-corrected chi connectivity index (χ0v) is 19.7. The number of carbonyl (C=O) groups excluding carboxylic acids is 2. The van der Waals surface area contributed by atoms with E-state index in [4.69, 9.17) is 4.74 Å². The molecule has 192 valence electrons. The standard InChI is InChI=1S/C26H24F3N5O3/c27-26(28,29)23-17-30-25(32-23)20-7-8-22(37-15-14-33-10-12-34(18-35)13-11-33)21(16-20)31-24(36)9-6-19-4-2-1-3-5-19/h1-5,7-8,16-18H,10-15H2,(H,30,32)(H,31,36). The van der Waals surface area contributed by atoms with Crippen molar-refractivity contribution < 1.29 is 27.5 Å². The summed E-state index contributed by atoms with van der Waals surface area (Å²) in [6.45, 7) is 3.63. The molecule has 1 fully saturated rings. The fourth-order valence-corrected chi connectivity index (χ4v) is 3.69. The van der Waals surface area contributed by atoms with Crippen molar-refractivity contribution in [1.29, 1.82) is 0 Å². The second kappa shape index (κ2) is 11.6. The quantitative estimate of drug-likeness (QED) is 0.376. The van der Waals surface area contributed by atoms with Crippen molar-refractivity contribution >= 4 is 18.0 Å². The van der Waals surface area contributed by atoms with E-state index < -0.39 is 17.8 Å². The lowest BCUT2D eigenvalue weighted by atomic mass is 10.1. The van der Waals surface area contributed by atoms with Crippen LogP contribution >= 0.6 is 0 Å². The van der Waals surface area contributed by atoms with Crippen molar-refractivity contribution in [3.63, 3.8) is 0 Å². The number of aromatic amines is 1. The Morgan fingerprint density at radius 2 is 1.89 bits per heavy atom. The molecule has 0 atom stereocenters. The van der Waals surface area contributed by atoms with E-state index in [2.05, 4.69) is 32.0 Å². The van der Waals surface area contributed by atoms with E-state index >= 15 is 0 Å². The molecular formula is C26H24F3N5O3. The minimum Gasteiger partial charge on any atom is -0.490 e. The van der Waals surface area contributed by atoms with Crippen LogP contribution in [-0.4, -0.2) is 71.4 Å². The topological polar surface area (TPSA) is 90.6 Å². The highest BCUT2D eigenvalue weighted by Gasteiger charge is 2.33. The van der Waals surface area contributed by atoms with Gasteiger partial charge < -0.3 is 19.9 Å². The van der Waals surface area contributed by atoms with Gasteiger partial charge in [0.05, 0.1) is 11.9 Å². The Morgan fingerprint density at radius 3 is 2.57 bits per heavy atom. The molecule has 0 unspecified atom stereocenters. The molecule has 37 heavy (non-hydrogen) atoms. The third-order valence-electron chi connectivity index (χ3n) is 5.70. The monoisotopic (exact) mass is 511 g/mol. The molecule has 1 aromatic heterocycles. The summed E-state index contributed by atoms with van der Waals surface area (Å²) in [5, 5.41) is 2.67. The first-order chi connectivity index (χ1) is 17.8. The fourth-order valence-electron chi connectivity index (χ4n) is 3.69. The average Bonchev–Trinajstić information content (AvgIpc) is 3.41. The molecule has 0 bridgehead atoms. The van der Waals surface area contributed by atoms with Gasteiger partial charge in [0.25, 0.3) is 0 Å². The first-order valence-corrected chi connectivity index (χ1v) is 11.5. The zero-order chi connectivity index (χ0) is 26.3. The largest absolute Gasteiger partial charge is 0.490 e. The Morgan fingerprint density at radius 1 is 1.14 bits per heavy atom. The lowest BCUT2D eigenvalue weighted by Gasteiger charge is -2.32. The number of carbonyl (C=O) groups is 2. The summed E-state index contributed by atoms with van der Waals surface area (Å²) in [6, 6.07) is 13.6. The van der Waals surface area contributed by atoms with Gasteiger partial charge in [-0.2, -0.15) is 13.2 Å². The second-order valence-electron chi connectivity index (χ2n) is 8.26. The van der Waals surface area contributed by atoms with Crippen LogP contribution < -0.4 is 10.1 Å². The van der Waals surface area contributed by atoms with Gasteiger partial charge in [0, 0.05) is 49.8 Å². The third kappa shape index (κ3) is 7.11. The van der Waals surface area contributed by atoms with Crippen LogP contribution in [-0.2, 0) is 15.8 Å². The number of hydrogen-bond acceptors (Lipinski definition) is 5. The van der Waals surface area contributed by atoms with Crippen LogP contribution in [0.2, 0.25) is 0 Å². The maximum absolute atomic E-state index is 13.0. The molecule has 1 saturated heterocycles. The summed E-state index contributed by atoms with van der Waals surface area (Å²) >= 11 is 0. The number of benzene rings is 2. The average molecular weight is 512 g/mol. The first-order valence-electron chi connectivity index (χ1n) is 11.5. The number of ether oxygens (including phenoxy) is 1. The summed E-state index contributed by atoms with van der Waals surface area (Å²) in [5.41, 5.74) is 0.268. The molecule has 2 amide bonds. The normalized spacial score (nSPS) is 14.0. The van der Waals surface area contributed by atoms with E-state index in [1.165, 1.54) is 6.07 Å². The fraction of sp³-hybridized carbons (Fsp3) is 0.269. The van der Waals surface area contributed by atoms with E-state index in [1.807, 2.05) is 6.07 Å². The van der Waals surface area contributed by atoms with Gasteiger partial charge in [-0.05, 0) is 30.3 Å². The summed E-state index contributed by atoms with van der Waals surface area (Å²) < 4.78 is 44.9. The molecular weight excluding hydrogens is 487 g/mol. The summed E-state index contributed by atoms with van der Waals surface area (Å²) in [6.07, 6.45) is -3.01. The summed E-state index contributed by atoms with van der Waals surface area (Å²) in [7, 11) is 0. The van der Waals surface area contributed by atoms with Crippen LogP contribution in [0.5, 0.6) is 5.75 Å². The minimum atomic E-state index is -4.56. The van der Waals surface area contributed by atoms with E-state index in [1.54, 1.807) is 41.3 Å². The predicted molar refractivity (Wildman–Crippen MR) is 131 cm³/mol. The molecule has 3 aromatic rings. The number of nitrogens with one attached hydrogen (secondary N) is 2. The van der Waals surface area contributed by atoms with E-state index in [9.17, 15) is 22.8 Å². The van der Waals surface area contributed by atoms with Crippen LogP contribution in [0.15, 0.2) is 54.7 Å². The Balaban J connectivity index is 1.50. The molecule has 2 N–H and O–H groups in total. The Bertz CT molecular complexity index is 1290. The van der Waals surface area contributed by atoms with Gasteiger partial charge >= 0.3 is 12.1 Å². The smallest absolute Gasteiger partial charge is 0.432 e. The molecule has 0 aliphatic carbocycles. The summed E-state index contributed by atoms with van der Waals surface area (Å²) in [5.74, 6) is 5.00. The number of hydrogen-bond donors (Lipinski definition) is 2. The van der Waals surface area contributed by atoms with Crippen molar-refractivity contribution in [2.24, 2.45) is 0 Å². The highest BCUT2D eigenvalue weighted by molar-refractivity contribution is 6.05. The number of H-pyrrole nitrogens is 1. The molecule has 1 aliphatic heterocycles. The molecule has 2 aromatic carbocycles. The van der Waals surface area contributed by atoms with Crippen LogP contribution in [0.25, 0.3) is 11.4 Å². The number of imidazole rings is 1. The molecule has 2 heterocycles. The Labute approximate surface area is 211 Å². The van der Waals surface area contributed by atoms with Crippen LogP contribution in [0.4, 0.5) is 18.9 Å². The van der Waals surface area contributed by atoms with Gasteiger partial charge in [0.1, 0.15) is 23.9 Å². The molecule has 0 radical (unpaired) electrons. The van der Waals surface area contributed by atoms with Crippen molar-refractivity contribution in [3.8, 4) is 29.0 Å². The van der Waals surface area contributed by atoms with Crippen molar-refractivity contribution in [1.82, 2.24) is 19.8 Å². The number of amides is 2. The van der Waals surface area contributed by atoms with Gasteiger partial charge in [0.2, 0.25) is 6.41 Å². The second-order valence-corrected chi connectivity index (χ2v) is 8.26. The zero-order valence-electron chi connectivity index (χ0n) is 19.7. The number of aromatic nitrogens is 2. The van der Waals surface area contributed by atoms with Crippen LogP contribution in [0.3, 0.4) is 0 Å². The molecule has 8 nitrogen and oxygen atoms in total. The number of piperazine rings is 1. The third-order valence-corrected chi connectivity index (χ3v) is 5.70. The number of halogens is 3. The molecule has 0 spiro atoms. The van der Waals surface area contributed by atoms with Crippen LogP contribution in [0.1, 0.15) is 11.3 Å². The predicted octanol–water partition coefficient (Wildman–Crippen LogP) is 3.24. The number of alkyl halides is 3. The maximum atomic E-state index is 13.0. The summed E-state index contributed by atoms with van der Waals surface area (Å²) in [4.78, 5) is 33.4. The molecule has 0 saturated carbocycles. The number of rotatable bonds is 7. The van der Waals surface area contributed by atoms with Gasteiger partial charge in [0.15, 0.2) is 0 Å². The van der Waals surface area contributed by atoms with Gasteiger partial charge in [-0.3, -0.25) is 14.5 Å². The number of anilines is 1. The highest BCUT2D eigenvalue weighted by Crippen LogP contribution is 2.32. The molecule has 11 heteroatoms. The molecule has 4 rings (SSSR count). The van der Waals surface area contributed by atoms with Gasteiger partial charge in [-0.1, -0.05) is 24.1 Å².